The number of rotatable bonds is 0. The molecule has 19 aliphatic carbocycles. The predicted octanol–water partition coefficient (Wildman–Crippen LogP) is 24.2. The van der Waals surface area contributed by atoms with Crippen molar-refractivity contribution in [1.29, 1.82) is 0 Å². The Labute approximate surface area is 966 Å². The Morgan fingerprint density at radius 2 is 0.707 bits per heavy atom. The Bertz CT molecular complexity index is 4050. The van der Waals surface area contributed by atoms with E-state index in [-0.39, 0.29) is 307 Å². The van der Waals surface area contributed by atoms with Gasteiger partial charge in [0.25, 0.3) is 0 Å². The molecule has 19 aliphatic rings. The van der Waals surface area contributed by atoms with Crippen LogP contribution in [0, 0.1) is 401 Å². The van der Waals surface area contributed by atoms with Crippen molar-refractivity contribution >= 4 is 11.6 Å². The van der Waals surface area contributed by atoms with Gasteiger partial charge in [0, 0.05) is 302 Å². The third-order valence-electron chi connectivity index (χ3n) is 40.0. The van der Waals surface area contributed by atoms with Crippen LogP contribution < -0.4 is 0 Å². The van der Waals surface area contributed by atoms with Crippen molar-refractivity contribution in [2.75, 3.05) is 0 Å². The first-order valence-electron chi connectivity index (χ1n) is 47.5. The van der Waals surface area contributed by atoms with Gasteiger partial charge in [0.15, 0.2) is 11.6 Å². The molecule has 5 radical (unpaired) electrons. The van der Waals surface area contributed by atoms with E-state index in [2.05, 4.69) is 136 Å². The molecule has 30 atom stereocenters. The molecule has 0 heterocycles. The molecule has 0 bridgehead atoms. The van der Waals surface area contributed by atoms with Gasteiger partial charge in [0.1, 0.15) is 16.8 Å². The van der Waals surface area contributed by atoms with Crippen molar-refractivity contribution in [3.05, 3.63) is 94.8 Å². The molecular formula is C108H156Ac5O7Zn3. The normalized spacial score (nSPS) is 45.6. The van der Waals surface area contributed by atoms with Crippen molar-refractivity contribution in [1.82, 2.24) is 0 Å². The molecule has 651 valence electrons. The number of ketones is 2. The van der Waals surface area contributed by atoms with Gasteiger partial charge < -0.3 is 25.5 Å². The predicted molar refractivity (Wildman–Crippen MR) is 470 cm³/mol. The summed E-state index contributed by atoms with van der Waals surface area (Å²) in [5, 5.41) is 51.7. The summed E-state index contributed by atoms with van der Waals surface area (Å²) in [6.45, 7) is 41.1. The molecule has 7 nitrogen and oxygen atoms in total. The molecule has 0 saturated heterocycles. The third-order valence-corrected chi connectivity index (χ3v) is 40.0. The molecule has 0 aromatic carbocycles. The van der Waals surface area contributed by atoms with Crippen molar-refractivity contribution < 1.29 is 314 Å². The van der Waals surface area contributed by atoms with Crippen LogP contribution in [0.3, 0.4) is 0 Å². The largest absolute Gasteiger partial charge is 0.393 e. The Balaban J connectivity index is 0.000000261. The minimum absolute atomic E-state index is 0. The second-order valence-electron chi connectivity index (χ2n) is 44.3. The second kappa shape index (κ2) is 48.1. The maximum atomic E-state index is 11.8. The van der Waals surface area contributed by atoms with E-state index in [0.29, 0.717) is 80.6 Å². The summed E-state index contributed by atoms with van der Waals surface area (Å²) < 4.78 is 0. The molecule has 0 aromatic heterocycles. The number of hydrogen-bond acceptors (Lipinski definition) is 7. The Morgan fingerprint density at radius 3 is 1.05 bits per heavy atom. The second-order valence-corrected chi connectivity index (χ2v) is 44.3. The van der Waals surface area contributed by atoms with E-state index in [1.165, 1.54) is 181 Å². The number of aliphatic hydroxyl groups is 5. The van der Waals surface area contributed by atoms with Gasteiger partial charge >= 0.3 is 0 Å². The number of carbonyl (C=O) groups excluding carboxylic acids is 2. The van der Waals surface area contributed by atoms with E-state index in [0.717, 1.165) is 187 Å². The zero-order valence-electron chi connectivity index (χ0n) is 79.2. The van der Waals surface area contributed by atoms with E-state index in [1.54, 1.807) is 0 Å². The fourth-order valence-corrected chi connectivity index (χ4v) is 32.2. The SMILES string of the molecule is C#C[C@]1(O)CCC2C3CCC4=CC(=O)CC[C@]4(C)C3CC[C@@]21C.C#C[C@]1(O)CCC2C3CCC4CC(O)CC[C@]4(C)C3CC[C@@]21C.C#C[C@]1(O)CCC[C@H]1C.C=C=C1CCC2C3CCC4=CC(=O)CC[C@]4(C)C3CC[C@]12C.C=C=C1CCC2C3CCC4CC(O)CC[C@]4(C)C3CC[C@]12C.C=C=C1CCC[C@H]1C.C=C=C1CCC[C@H]1C.[Ac].[Ac].[Ac].[Ac].[Ac].[Zn].[Zn].[Zn]. The van der Waals surface area contributed by atoms with E-state index in [4.69, 9.17) is 19.3 Å². The summed E-state index contributed by atoms with van der Waals surface area (Å²) in [5.41, 5.74) is 20.7. The van der Waals surface area contributed by atoms with E-state index >= 15 is 0 Å². The van der Waals surface area contributed by atoms with Gasteiger partial charge in [-0.25, -0.2) is 0 Å². The Kier molecular flexibility index (Phi) is 46.1. The fourth-order valence-electron chi connectivity index (χ4n) is 32.2. The van der Waals surface area contributed by atoms with Gasteiger partial charge in [-0.15, -0.1) is 42.2 Å². The summed E-state index contributed by atoms with van der Waals surface area (Å²) in [6, 6.07) is 0. The number of terminal acetylenes is 3. The molecular weight excluding hydrogens is 2740 g/mol. The molecule has 0 spiro atoms. The van der Waals surface area contributed by atoms with Crippen LogP contribution in [0.15, 0.2) is 94.8 Å². The molecule has 5 N–H and O–H groups in total. The molecule has 0 aromatic rings. The fraction of sp³-hybridized carbons (Fsp3) is 0.778. The van der Waals surface area contributed by atoms with Crippen LogP contribution in [0.4, 0.5) is 0 Å². The van der Waals surface area contributed by atoms with Crippen molar-refractivity contribution in [2.45, 2.75) is 381 Å². The van der Waals surface area contributed by atoms with Crippen LogP contribution >= 0.6 is 0 Å². The molecule has 17 fully saturated rings. The first-order valence-corrected chi connectivity index (χ1v) is 47.5. The average molecular weight is 2900 g/mol. The van der Waals surface area contributed by atoms with Gasteiger partial charge in [-0.2, -0.15) is 0 Å². The third kappa shape index (κ3) is 22.6. The Morgan fingerprint density at radius 1 is 0.350 bits per heavy atom. The molecule has 16 unspecified atom stereocenters. The number of fused-ring (bicyclic) bond motifs is 20. The summed E-state index contributed by atoms with van der Waals surface area (Å²) >= 11 is 0. The van der Waals surface area contributed by atoms with Crippen LogP contribution in [-0.4, -0.2) is 66.1 Å². The molecule has 19 rings (SSSR count). The summed E-state index contributed by atoms with van der Waals surface area (Å²) in [6.07, 6.45) is 70.1. The standard InChI is InChI=1S/C21H32O2.C21H28O2.C21H32O.C21H28O.C8H12O.2C8H12.5Ac.3Zn/c2*1-4-21(23)12-9-18-16-6-5-14-13-15(22)7-10-19(14,2)17(16)8-11-20(18,21)3;2*1-4-14-6-8-18-17-7-5-15-13-16(22)9-11-21(15,3)19(17)10-12-20(14,18)2;1-3-8(9)6-4-5-7(8)2;2*1-3-8-6-4-5-7(8)2;;;;;;;;/h1,14-18,22-23H,5-13H2,2-3H3;1,13,16-18,23H,5-12H2,2-3H3;15-19,22H,1,5-13H2,2-3H3;13,17-19H,1,5-12H2,2-3H3;1,7,9H,4-6H2,2H3;2*7H,1,4-6H2,2H3;;;;;;;;/t14?,15?,16?,17?,18?,19-,20-,21-;16?,17?,18?,19-,20-,21-;15?,16?,17?,18?,19?,20-,21+;17?,18?,19?,20-,21+;7-,8+;2*7-;;;;;;;;/m0011111......../s1. The van der Waals surface area contributed by atoms with Gasteiger partial charge in [0.2, 0.25) is 0 Å². The minimum atomic E-state index is -0.914. The van der Waals surface area contributed by atoms with Crippen LogP contribution in [0.25, 0.3) is 0 Å². The summed E-state index contributed by atoms with van der Waals surface area (Å²) in [4.78, 5) is 23.7. The molecule has 123 heavy (non-hydrogen) atoms. The van der Waals surface area contributed by atoms with Gasteiger partial charge in [-0.1, -0.05) is 131 Å². The summed E-state index contributed by atoms with van der Waals surface area (Å²) in [5.74, 6) is 21.1. The summed E-state index contributed by atoms with van der Waals surface area (Å²) in [7, 11) is 0. The van der Waals surface area contributed by atoms with Crippen molar-refractivity contribution in [2.24, 2.45) is 144 Å². The maximum absolute atomic E-state index is 11.8. The minimum Gasteiger partial charge on any atom is -0.393 e. The van der Waals surface area contributed by atoms with Crippen molar-refractivity contribution in [3.63, 3.8) is 0 Å². The first kappa shape index (κ1) is 118. The van der Waals surface area contributed by atoms with E-state index < -0.39 is 16.8 Å². The number of carbonyl (C=O) groups is 2. The topological polar surface area (TPSA) is 135 Å². The van der Waals surface area contributed by atoms with Crippen LogP contribution in [0.5, 0.6) is 0 Å². The van der Waals surface area contributed by atoms with Crippen LogP contribution in [0.2, 0.25) is 0 Å². The first-order chi connectivity index (χ1) is 54.5. The smallest absolute Gasteiger partial charge is 0.155 e. The van der Waals surface area contributed by atoms with Gasteiger partial charge in [-0.05, 0) is 431 Å². The molecule has 0 aliphatic heterocycles. The van der Waals surface area contributed by atoms with Gasteiger partial charge in [-0.3, -0.25) is 9.59 Å². The average Bonchev–Trinajstić information content (AvgIpc) is 1.79. The zero-order chi connectivity index (χ0) is 82.9. The van der Waals surface area contributed by atoms with Gasteiger partial charge in [0.05, 0.1) is 12.2 Å². The zero-order valence-corrected chi connectivity index (χ0v) is 112. The molecule has 17 saturated carbocycles. The number of allylic oxidation sites excluding steroid dienone is 6. The molecule has 0 amide bonds. The number of hydrogen-bond donors (Lipinski definition) is 5. The molecule has 15 heteroatoms. The quantitative estimate of drug-likeness (QED) is 0.0926. The maximum Gasteiger partial charge on any atom is 0.155 e. The van der Waals surface area contributed by atoms with E-state index in [9.17, 15) is 35.1 Å². The van der Waals surface area contributed by atoms with Crippen molar-refractivity contribution in [3.8, 4) is 37.0 Å². The number of aliphatic hydroxyl groups excluding tert-OH is 2. The Hall–Kier alpha value is 4.46. The monoisotopic (exact) mass is 2890 g/mol. The van der Waals surface area contributed by atoms with Crippen LogP contribution in [0.1, 0.15) is 352 Å². The van der Waals surface area contributed by atoms with E-state index in [1.807, 2.05) is 19.1 Å². The van der Waals surface area contributed by atoms with Crippen LogP contribution in [-0.2, 0) is 68.0 Å².